The number of hydrogen-bond acceptors (Lipinski definition) is 5. The van der Waals surface area contributed by atoms with E-state index in [4.69, 9.17) is 0 Å². The highest BCUT2D eigenvalue weighted by molar-refractivity contribution is 7.91. The maximum Gasteiger partial charge on any atom is 0.159 e. The predicted octanol–water partition coefficient (Wildman–Crippen LogP) is 2.50. The molecule has 0 saturated heterocycles. The average Bonchev–Trinajstić information content (AvgIpc) is 2.96. The highest BCUT2D eigenvalue weighted by Crippen LogP contribution is 2.20. The molecule has 0 aliphatic heterocycles. The summed E-state index contributed by atoms with van der Waals surface area (Å²) in [6, 6.07) is 0.630. The van der Waals surface area contributed by atoms with Crippen molar-refractivity contribution in [3.05, 3.63) is 16.1 Å². The molecule has 2 rings (SSSR count). The molecule has 1 N–H and O–H groups in total. The van der Waals surface area contributed by atoms with Crippen molar-refractivity contribution in [3.63, 3.8) is 0 Å². The van der Waals surface area contributed by atoms with E-state index in [-0.39, 0.29) is 11.0 Å². The summed E-state index contributed by atoms with van der Waals surface area (Å²) in [5, 5.41) is 3.89. The van der Waals surface area contributed by atoms with E-state index >= 15 is 0 Å². The number of sulfone groups is 1. The van der Waals surface area contributed by atoms with Crippen LogP contribution in [0, 0.1) is 0 Å². The lowest BCUT2D eigenvalue weighted by Crippen LogP contribution is -2.24. The van der Waals surface area contributed by atoms with Crippen LogP contribution in [0.15, 0.2) is 6.20 Å². The number of rotatable bonds is 6. The van der Waals surface area contributed by atoms with Gasteiger partial charge in [-0.2, -0.15) is 0 Å². The molecular formula is C13H22N2O2S2. The zero-order valence-corrected chi connectivity index (χ0v) is 13.2. The Bertz CT molecular complexity index is 502. The second kappa shape index (κ2) is 6.33. The first-order valence-electron chi connectivity index (χ1n) is 6.86. The zero-order valence-electron chi connectivity index (χ0n) is 11.6. The van der Waals surface area contributed by atoms with Gasteiger partial charge in [0, 0.05) is 23.7 Å². The van der Waals surface area contributed by atoms with Gasteiger partial charge in [-0.25, -0.2) is 13.4 Å². The smallest absolute Gasteiger partial charge is 0.159 e. The number of nitrogens with one attached hydrogen (secondary N) is 1. The first-order chi connectivity index (χ1) is 8.97. The Hall–Kier alpha value is -0.460. The van der Waals surface area contributed by atoms with Crippen LogP contribution >= 0.6 is 11.3 Å². The van der Waals surface area contributed by atoms with Crippen molar-refractivity contribution < 1.29 is 8.42 Å². The number of nitrogens with zero attached hydrogens (tertiary/aromatic N) is 1. The molecule has 0 spiro atoms. The molecule has 0 unspecified atom stereocenters. The lowest BCUT2D eigenvalue weighted by molar-refractivity contribution is 0.527. The van der Waals surface area contributed by atoms with Gasteiger partial charge in [-0.1, -0.05) is 12.8 Å². The van der Waals surface area contributed by atoms with Crippen molar-refractivity contribution >= 4 is 21.2 Å². The van der Waals surface area contributed by atoms with E-state index in [0.717, 1.165) is 11.4 Å². The van der Waals surface area contributed by atoms with Crippen LogP contribution in [0.4, 0.5) is 0 Å². The summed E-state index contributed by atoms with van der Waals surface area (Å²) >= 11 is 1.51. The van der Waals surface area contributed by atoms with Crippen LogP contribution in [0.3, 0.4) is 0 Å². The minimum Gasteiger partial charge on any atom is -0.309 e. The molecule has 1 heterocycles. The molecule has 108 valence electrons. The molecule has 6 heteroatoms. The molecule has 1 aliphatic rings. The fourth-order valence-corrected chi connectivity index (χ4v) is 4.36. The maximum atomic E-state index is 11.8. The van der Waals surface area contributed by atoms with Gasteiger partial charge in [0.1, 0.15) is 10.8 Å². The van der Waals surface area contributed by atoms with Gasteiger partial charge in [-0.15, -0.1) is 11.3 Å². The molecule has 0 bridgehead atoms. The quantitative estimate of drug-likeness (QED) is 0.877. The largest absolute Gasteiger partial charge is 0.309 e. The van der Waals surface area contributed by atoms with E-state index in [1.165, 1.54) is 37.0 Å². The van der Waals surface area contributed by atoms with E-state index < -0.39 is 9.84 Å². The molecule has 0 amide bonds. The summed E-state index contributed by atoms with van der Waals surface area (Å²) in [4.78, 5) is 5.35. The average molecular weight is 302 g/mol. The van der Waals surface area contributed by atoms with Crippen LogP contribution in [-0.4, -0.2) is 24.7 Å². The normalized spacial score (nSPS) is 17.4. The summed E-state index contributed by atoms with van der Waals surface area (Å²) in [6.07, 6.45) is 6.95. The first kappa shape index (κ1) is 14.9. The van der Waals surface area contributed by atoms with Gasteiger partial charge in [-0.05, 0) is 26.7 Å². The van der Waals surface area contributed by atoms with Gasteiger partial charge < -0.3 is 5.32 Å². The van der Waals surface area contributed by atoms with E-state index in [1.54, 1.807) is 20.0 Å². The van der Waals surface area contributed by atoms with E-state index in [1.807, 2.05) is 0 Å². The fourth-order valence-electron chi connectivity index (χ4n) is 2.21. The van der Waals surface area contributed by atoms with E-state index in [2.05, 4.69) is 10.3 Å². The van der Waals surface area contributed by atoms with Gasteiger partial charge >= 0.3 is 0 Å². The summed E-state index contributed by atoms with van der Waals surface area (Å²) in [5.74, 6) is 0.0682. The predicted molar refractivity (Wildman–Crippen MR) is 79.0 cm³/mol. The molecule has 1 aliphatic carbocycles. The monoisotopic (exact) mass is 302 g/mol. The molecule has 1 aromatic rings. The molecule has 1 fully saturated rings. The lowest BCUT2D eigenvalue weighted by Gasteiger charge is -2.09. The van der Waals surface area contributed by atoms with Gasteiger partial charge in [0.05, 0.1) is 5.25 Å². The summed E-state index contributed by atoms with van der Waals surface area (Å²) < 4.78 is 23.7. The second-order valence-corrected chi connectivity index (χ2v) is 9.20. The number of hydrogen-bond donors (Lipinski definition) is 1. The van der Waals surface area contributed by atoms with Crippen LogP contribution in [0.2, 0.25) is 0 Å². The molecule has 1 saturated carbocycles. The highest BCUT2D eigenvalue weighted by atomic mass is 32.2. The standard InChI is InChI=1S/C13H22N2O2S2/c1-10(2)19(16,17)9-13-15-8-12(18-13)7-14-11-5-3-4-6-11/h8,10-11,14H,3-7,9H2,1-2H3. The Labute approximate surface area is 119 Å². The third-order valence-corrected chi connectivity index (χ3v) is 6.86. The molecule has 4 nitrogen and oxygen atoms in total. The maximum absolute atomic E-state index is 11.8. The zero-order chi connectivity index (χ0) is 13.9. The lowest BCUT2D eigenvalue weighted by atomic mass is 10.2. The first-order valence-corrected chi connectivity index (χ1v) is 9.39. The van der Waals surface area contributed by atoms with Gasteiger partial charge in [0.15, 0.2) is 9.84 Å². The number of aromatic nitrogens is 1. The SMILES string of the molecule is CC(C)S(=O)(=O)Cc1ncc(CNC2CCCC2)s1. The third-order valence-electron chi connectivity index (χ3n) is 3.56. The fraction of sp³-hybridized carbons (Fsp3) is 0.769. The van der Waals surface area contributed by atoms with Crippen molar-refractivity contribution in [2.75, 3.05) is 0 Å². The van der Waals surface area contributed by atoms with Crippen LogP contribution in [-0.2, 0) is 22.1 Å². The van der Waals surface area contributed by atoms with Gasteiger partial charge in [-0.3, -0.25) is 0 Å². The Balaban J connectivity index is 1.88. The van der Waals surface area contributed by atoms with Crippen LogP contribution in [0.25, 0.3) is 0 Å². The Kier molecular flexibility index (Phi) is 4.97. The van der Waals surface area contributed by atoms with Gasteiger partial charge in [0.2, 0.25) is 0 Å². The molecule has 0 aromatic carbocycles. The summed E-state index contributed by atoms with van der Waals surface area (Å²) in [6.45, 7) is 4.24. The Morgan fingerprint density at radius 2 is 2.11 bits per heavy atom. The highest BCUT2D eigenvalue weighted by Gasteiger charge is 2.19. The summed E-state index contributed by atoms with van der Waals surface area (Å²) in [5.41, 5.74) is 0. The van der Waals surface area contributed by atoms with Crippen molar-refractivity contribution in [3.8, 4) is 0 Å². The summed E-state index contributed by atoms with van der Waals surface area (Å²) in [7, 11) is -3.04. The van der Waals surface area contributed by atoms with Crippen LogP contribution in [0.1, 0.15) is 49.4 Å². The van der Waals surface area contributed by atoms with Crippen molar-refractivity contribution in [1.29, 1.82) is 0 Å². The van der Waals surface area contributed by atoms with Crippen LogP contribution < -0.4 is 5.32 Å². The Morgan fingerprint density at radius 1 is 1.42 bits per heavy atom. The van der Waals surface area contributed by atoms with Gasteiger partial charge in [0.25, 0.3) is 0 Å². The molecule has 0 radical (unpaired) electrons. The van der Waals surface area contributed by atoms with Crippen molar-refractivity contribution in [1.82, 2.24) is 10.3 Å². The second-order valence-electron chi connectivity index (χ2n) is 5.44. The molecule has 19 heavy (non-hydrogen) atoms. The molecule has 1 aromatic heterocycles. The topological polar surface area (TPSA) is 59.1 Å². The Morgan fingerprint density at radius 3 is 2.74 bits per heavy atom. The molecule has 0 atom stereocenters. The van der Waals surface area contributed by atoms with Crippen molar-refractivity contribution in [2.45, 2.75) is 63.1 Å². The third kappa shape index (κ3) is 4.26. The minimum atomic E-state index is -3.04. The minimum absolute atomic E-state index is 0.0682. The van der Waals surface area contributed by atoms with Crippen molar-refractivity contribution in [2.24, 2.45) is 0 Å². The molecular weight excluding hydrogens is 280 g/mol. The van der Waals surface area contributed by atoms with E-state index in [0.29, 0.717) is 11.0 Å². The number of thiazole rings is 1. The van der Waals surface area contributed by atoms with E-state index in [9.17, 15) is 8.42 Å². The van der Waals surface area contributed by atoms with Crippen LogP contribution in [0.5, 0.6) is 0 Å².